The normalized spacial score (nSPS) is 14.4. The fraction of sp³-hybridized carbons (Fsp3) is 0.500. The number of nitrogens with one attached hydrogen (secondary N) is 1. The van der Waals surface area contributed by atoms with Gasteiger partial charge in [-0.05, 0) is 24.7 Å². The van der Waals surface area contributed by atoms with Gasteiger partial charge in [0.25, 0.3) is 5.91 Å². The number of ether oxygens (including phenoxy) is 1. The Morgan fingerprint density at radius 2 is 1.97 bits per heavy atom. The number of hydrogen-bond donors (Lipinski definition) is 1. The van der Waals surface area contributed by atoms with E-state index in [4.69, 9.17) is 27.9 Å². The average molecular weight is 514 g/mol. The molecule has 1 aliphatic rings. The third kappa shape index (κ3) is 7.28. The zero-order chi connectivity index (χ0) is 23.8. The summed E-state index contributed by atoms with van der Waals surface area (Å²) in [6.07, 6.45) is 0.273. The van der Waals surface area contributed by atoms with Crippen LogP contribution in [0.1, 0.15) is 23.8 Å². The van der Waals surface area contributed by atoms with E-state index in [1.807, 2.05) is 4.90 Å². The van der Waals surface area contributed by atoms with Gasteiger partial charge in [-0.2, -0.15) is 0 Å². The van der Waals surface area contributed by atoms with E-state index < -0.39 is 0 Å². The molecule has 2 amide bonds. The topological polar surface area (TPSA) is 78.0 Å². The number of carbonyl (C=O) groups excluding carboxylic acids is 2. The lowest BCUT2D eigenvalue weighted by molar-refractivity contribution is -0.133. The highest BCUT2D eigenvalue weighted by Gasteiger charge is 2.23. The molecule has 33 heavy (non-hydrogen) atoms. The molecule has 0 saturated carbocycles. The second-order valence-corrected chi connectivity index (χ2v) is 9.34. The molecular formula is C22H29Cl2N5O3S. The number of methoxy groups -OCH3 is 1. The zero-order valence-corrected chi connectivity index (χ0v) is 21.2. The van der Waals surface area contributed by atoms with Crippen molar-refractivity contribution in [2.24, 2.45) is 0 Å². The van der Waals surface area contributed by atoms with Gasteiger partial charge in [-0.25, -0.2) is 4.98 Å². The Balaban J connectivity index is 1.61. The highest BCUT2D eigenvalue weighted by atomic mass is 35.5. The van der Waals surface area contributed by atoms with E-state index in [-0.39, 0.29) is 18.2 Å². The van der Waals surface area contributed by atoms with Crippen LogP contribution in [0.2, 0.25) is 10.0 Å². The maximum Gasteiger partial charge on any atom is 0.273 e. The lowest BCUT2D eigenvalue weighted by Crippen LogP contribution is -2.49. The van der Waals surface area contributed by atoms with Gasteiger partial charge >= 0.3 is 0 Å². The molecule has 0 spiro atoms. The summed E-state index contributed by atoms with van der Waals surface area (Å²) in [5, 5.41) is 6.36. The third-order valence-corrected chi connectivity index (χ3v) is 6.84. The minimum atomic E-state index is -0.239. The molecule has 8 nitrogen and oxygen atoms in total. The lowest BCUT2D eigenvalue weighted by atomic mass is 10.2. The number of nitrogens with zero attached hydrogens (tertiary/aromatic N) is 4. The Labute approximate surface area is 208 Å². The van der Waals surface area contributed by atoms with Crippen molar-refractivity contribution in [3.05, 3.63) is 39.3 Å². The standard InChI is InChI=1S/C22H29Cl2N5O3S/c1-3-27-8-10-28(11-9-27)20(30)6-7-29(12-13-32-2)21(31)19-15-33-22(26-19)25-18-14-16(23)4-5-17(18)24/h4-5,14-15H,3,6-13H2,1-2H3,(H,25,26). The minimum absolute atomic E-state index is 0.0669. The van der Waals surface area contributed by atoms with Crippen LogP contribution in [0.4, 0.5) is 10.8 Å². The zero-order valence-electron chi connectivity index (χ0n) is 18.9. The van der Waals surface area contributed by atoms with E-state index in [9.17, 15) is 9.59 Å². The van der Waals surface area contributed by atoms with Crippen molar-refractivity contribution in [2.75, 3.05) is 64.8 Å². The molecule has 180 valence electrons. The summed E-state index contributed by atoms with van der Waals surface area (Å²) >= 11 is 13.5. The Bertz CT molecular complexity index is 950. The highest BCUT2D eigenvalue weighted by Crippen LogP contribution is 2.30. The molecule has 1 fully saturated rings. The average Bonchev–Trinajstić information content (AvgIpc) is 3.29. The summed E-state index contributed by atoms with van der Waals surface area (Å²) in [4.78, 5) is 36.0. The van der Waals surface area contributed by atoms with Crippen LogP contribution in [0.3, 0.4) is 0 Å². The number of anilines is 2. The van der Waals surface area contributed by atoms with Crippen molar-refractivity contribution in [2.45, 2.75) is 13.3 Å². The minimum Gasteiger partial charge on any atom is -0.383 e. The fourth-order valence-electron chi connectivity index (χ4n) is 3.52. The SMILES string of the molecule is CCN1CCN(C(=O)CCN(CCOC)C(=O)c2csc(Nc3cc(Cl)ccc3Cl)n2)CC1. The molecule has 3 rings (SSSR count). The van der Waals surface area contributed by atoms with Crippen LogP contribution >= 0.6 is 34.5 Å². The smallest absolute Gasteiger partial charge is 0.273 e. The number of aromatic nitrogens is 1. The van der Waals surface area contributed by atoms with Crippen LogP contribution < -0.4 is 5.32 Å². The number of piperazine rings is 1. The van der Waals surface area contributed by atoms with Crippen LogP contribution in [0.5, 0.6) is 0 Å². The summed E-state index contributed by atoms with van der Waals surface area (Å²) in [5.41, 5.74) is 0.920. The summed E-state index contributed by atoms with van der Waals surface area (Å²) in [6.45, 7) is 7.43. The molecule has 2 heterocycles. The van der Waals surface area contributed by atoms with Gasteiger partial charge in [0.15, 0.2) is 5.13 Å². The Morgan fingerprint density at radius 3 is 2.67 bits per heavy atom. The number of benzene rings is 1. The molecular weight excluding hydrogens is 485 g/mol. The van der Waals surface area contributed by atoms with E-state index in [0.717, 1.165) is 32.7 Å². The lowest BCUT2D eigenvalue weighted by Gasteiger charge is -2.34. The first kappa shape index (κ1) is 25.7. The van der Waals surface area contributed by atoms with Gasteiger partial charge < -0.3 is 24.8 Å². The summed E-state index contributed by atoms with van der Waals surface area (Å²) in [5.74, 6) is -0.172. The van der Waals surface area contributed by atoms with Crippen LogP contribution in [0.15, 0.2) is 23.6 Å². The number of amides is 2. The molecule has 11 heteroatoms. The van der Waals surface area contributed by atoms with Crippen LogP contribution in [-0.4, -0.2) is 91.0 Å². The molecule has 0 aliphatic carbocycles. The van der Waals surface area contributed by atoms with Crippen molar-refractivity contribution in [3.8, 4) is 0 Å². The van der Waals surface area contributed by atoms with Crippen molar-refractivity contribution in [1.82, 2.24) is 19.7 Å². The molecule has 1 saturated heterocycles. The number of likely N-dealkylation sites (N-methyl/N-ethyl adjacent to an activating group) is 1. The number of rotatable bonds is 10. The van der Waals surface area contributed by atoms with Crippen LogP contribution in [0.25, 0.3) is 0 Å². The van der Waals surface area contributed by atoms with Gasteiger partial charge in [-0.1, -0.05) is 30.1 Å². The summed E-state index contributed by atoms with van der Waals surface area (Å²) in [6, 6.07) is 5.09. The first-order chi connectivity index (χ1) is 15.9. The number of thiazole rings is 1. The molecule has 1 aromatic heterocycles. The van der Waals surface area contributed by atoms with E-state index in [0.29, 0.717) is 46.3 Å². The number of halogens is 2. The van der Waals surface area contributed by atoms with Gasteiger partial charge in [-0.3, -0.25) is 9.59 Å². The second kappa shape index (κ2) is 12.5. The Hall–Kier alpha value is -1.91. The molecule has 0 unspecified atom stereocenters. The first-order valence-corrected chi connectivity index (χ1v) is 12.5. The number of carbonyl (C=O) groups is 2. The van der Waals surface area contributed by atoms with E-state index in [1.54, 1.807) is 35.6 Å². The Morgan fingerprint density at radius 1 is 1.21 bits per heavy atom. The van der Waals surface area contributed by atoms with E-state index in [2.05, 4.69) is 22.1 Å². The van der Waals surface area contributed by atoms with Crippen molar-refractivity contribution >= 4 is 57.2 Å². The quantitative estimate of drug-likeness (QED) is 0.519. The van der Waals surface area contributed by atoms with Gasteiger partial charge in [-0.15, -0.1) is 11.3 Å². The molecule has 1 aliphatic heterocycles. The summed E-state index contributed by atoms with van der Waals surface area (Å²) < 4.78 is 5.16. The molecule has 2 aromatic rings. The molecule has 1 N–H and O–H groups in total. The second-order valence-electron chi connectivity index (χ2n) is 7.64. The van der Waals surface area contributed by atoms with E-state index in [1.165, 1.54) is 11.3 Å². The monoisotopic (exact) mass is 513 g/mol. The Kier molecular flexibility index (Phi) is 9.76. The first-order valence-electron chi connectivity index (χ1n) is 10.9. The molecule has 1 aromatic carbocycles. The van der Waals surface area contributed by atoms with Crippen molar-refractivity contribution in [3.63, 3.8) is 0 Å². The predicted octanol–water partition coefficient (Wildman–Crippen LogP) is 3.84. The largest absolute Gasteiger partial charge is 0.383 e. The predicted molar refractivity (Wildman–Crippen MR) is 133 cm³/mol. The van der Waals surface area contributed by atoms with E-state index >= 15 is 0 Å². The fourth-order valence-corrected chi connectivity index (χ4v) is 4.55. The maximum absolute atomic E-state index is 13.1. The third-order valence-electron chi connectivity index (χ3n) is 5.51. The van der Waals surface area contributed by atoms with Crippen molar-refractivity contribution < 1.29 is 14.3 Å². The van der Waals surface area contributed by atoms with Crippen LogP contribution in [-0.2, 0) is 9.53 Å². The molecule has 0 atom stereocenters. The highest BCUT2D eigenvalue weighted by molar-refractivity contribution is 7.14. The van der Waals surface area contributed by atoms with Gasteiger partial charge in [0, 0.05) is 63.2 Å². The summed E-state index contributed by atoms with van der Waals surface area (Å²) in [7, 11) is 1.58. The molecule has 0 radical (unpaired) electrons. The molecule has 0 bridgehead atoms. The van der Waals surface area contributed by atoms with Gasteiger partial charge in [0.05, 0.1) is 17.3 Å². The number of hydrogen-bond acceptors (Lipinski definition) is 7. The van der Waals surface area contributed by atoms with Gasteiger partial charge in [0.2, 0.25) is 5.91 Å². The van der Waals surface area contributed by atoms with Gasteiger partial charge in [0.1, 0.15) is 5.69 Å². The maximum atomic E-state index is 13.1. The van der Waals surface area contributed by atoms with Crippen molar-refractivity contribution in [1.29, 1.82) is 0 Å². The van der Waals surface area contributed by atoms with Crippen LogP contribution in [0, 0.1) is 0 Å².